The predicted molar refractivity (Wildman–Crippen MR) is 91.2 cm³/mol. The highest BCUT2D eigenvalue weighted by atomic mass is 16.3. The number of hydrogen-bond acceptors (Lipinski definition) is 3. The molecule has 2 fully saturated rings. The Labute approximate surface area is 143 Å². The van der Waals surface area contributed by atoms with Crippen LogP contribution in [-0.2, 0) is 9.59 Å². The molecule has 0 radical (unpaired) electrons. The zero-order chi connectivity index (χ0) is 16.9. The van der Waals surface area contributed by atoms with Crippen molar-refractivity contribution in [2.75, 3.05) is 6.54 Å². The lowest BCUT2D eigenvalue weighted by Gasteiger charge is -2.35. The molecule has 2 amide bonds. The minimum absolute atomic E-state index is 0.0233. The van der Waals surface area contributed by atoms with Gasteiger partial charge >= 0.3 is 0 Å². The number of amides is 2. The molecule has 3 rings (SSSR count). The number of likely N-dealkylation sites (tertiary alicyclic amines) is 1. The Morgan fingerprint density at radius 3 is 2.58 bits per heavy atom. The Balaban J connectivity index is 1.65. The number of furan rings is 1. The summed E-state index contributed by atoms with van der Waals surface area (Å²) in [7, 11) is 0. The van der Waals surface area contributed by atoms with Crippen molar-refractivity contribution in [3.05, 3.63) is 24.2 Å². The third kappa shape index (κ3) is 4.00. The molecular formula is C19H28N2O3. The van der Waals surface area contributed by atoms with Crippen LogP contribution >= 0.6 is 0 Å². The second-order valence-electron chi connectivity index (χ2n) is 7.16. The molecule has 1 saturated heterocycles. The normalized spacial score (nSPS) is 28.2. The van der Waals surface area contributed by atoms with E-state index in [1.165, 1.54) is 6.42 Å². The zero-order valence-electron chi connectivity index (χ0n) is 14.5. The first-order valence-electron chi connectivity index (χ1n) is 9.26. The molecule has 1 aromatic heterocycles. The Morgan fingerprint density at radius 1 is 1.12 bits per heavy atom. The van der Waals surface area contributed by atoms with Crippen molar-refractivity contribution in [2.45, 2.75) is 70.4 Å². The van der Waals surface area contributed by atoms with Gasteiger partial charge in [0.2, 0.25) is 11.8 Å². The molecule has 1 aliphatic heterocycles. The topological polar surface area (TPSA) is 62.6 Å². The van der Waals surface area contributed by atoms with Crippen LogP contribution in [0.1, 0.15) is 70.1 Å². The Kier molecular flexibility index (Phi) is 5.59. The number of carbonyl (C=O) groups excluding carboxylic acids is 2. The third-order valence-electron chi connectivity index (χ3n) is 5.39. The van der Waals surface area contributed by atoms with E-state index in [0.29, 0.717) is 0 Å². The van der Waals surface area contributed by atoms with Gasteiger partial charge in [-0.25, -0.2) is 0 Å². The minimum Gasteiger partial charge on any atom is -0.467 e. The molecule has 1 aromatic rings. The minimum atomic E-state index is 0.0233. The van der Waals surface area contributed by atoms with Gasteiger partial charge in [0.25, 0.3) is 0 Å². The SMILES string of the molecule is CC(=O)NC1CCC(C(=O)N2CCCCCC2c2ccco2)CC1. The summed E-state index contributed by atoms with van der Waals surface area (Å²) in [6.45, 7) is 2.39. The lowest BCUT2D eigenvalue weighted by atomic mass is 9.84. The summed E-state index contributed by atoms with van der Waals surface area (Å²) in [4.78, 5) is 26.4. The quantitative estimate of drug-likeness (QED) is 0.922. The van der Waals surface area contributed by atoms with Crippen LogP contribution in [0.5, 0.6) is 0 Å². The first-order valence-corrected chi connectivity index (χ1v) is 9.26. The Hall–Kier alpha value is -1.78. The number of rotatable bonds is 3. The maximum absolute atomic E-state index is 13.1. The summed E-state index contributed by atoms with van der Waals surface area (Å²) in [6.07, 6.45) is 9.60. The van der Waals surface area contributed by atoms with Crippen LogP contribution in [0.4, 0.5) is 0 Å². The average Bonchev–Trinajstić information content (AvgIpc) is 2.99. The molecule has 132 valence electrons. The monoisotopic (exact) mass is 332 g/mol. The van der Waals surface area contributed by atoms with E-state index in [0.717, 1.165) is 57.3 Å². The van der Waals surface area contributed by atoms with E-state index < -0.39 is 0 Å². The maximum Gasteiger partial charge on any atom is 0.226 e. The summed E-state index contributed by atoms with van der Waals surface area (Å²) < 4.78 is 5.62. The first-order chi connectivity index (χ1) is 11.6. The summed E-state index contributed by atoms with van der Waals surface area (Å²) in [6, 6.07) is 4.21. The van der Waals surface area contributed by atoms with Crippen molar-refractivity contribution in [1.29, 1.82) is 0 Å². The Morgan fingerprint density at radius 2 is 1.92 bits per heavy atom. The van der Waals surface area contributed by atoms with Crippen molar-refractivity contribution in [3.8, 4) is 0 Å². The van der Waals surface area contributed by atoms with E-state index in [4.69, 9.17) is 4.42 Å². The van der Waals surface area contributed by atoms with Crippen molar-refractivity contribution >= 4 is 11.8 Å². The highest BCUT2D eigenvalue weighted by molar-refractivity contribution is 5.79. The molecule has 1 atom stereocenters. The molecule has 5 heteroatoms. The van der Waals surface area contributed by atoms with Crippen molar-refractivity contribution < 1.29 is 14.0 Å². The van der Waals surface area contributed by atoms with Crippen molar-refractivity contribution in [3.63, 3.8) is 0 Å². The van der Waals surface area contributed by atoms with Gasteiger partial charge in [-0.05, 0) is 50.7 Å². The third-order valence-corrected chi connectivity index (χ3v) is 5.39. The van der Waals surface area contributed by atoms with Gasteiger partial charge in [0, 0.05) is 25.4 Å². The van der Waals surface area contributed by atoms with Crippen LogP contribution in [0.25, 0.3) is 0 Å². The van der Waals surface area contributed by atoms with Crippen LogP contribution in [-0.4, -0.2) is 29.3 Å². The molecule has 0 bridgehead atoms. The number of hydrogen-bond donors (Lipinski definition) is 1. The molecule has 2 aliphatic rings. The molecule has 1 aliphatic carbocycles. The van der Waals surface area contributed by atoms with Crippen LogP contribution in [0.15, 0.2) is 22.8 Å². The van der Waals surface area contributed by atoms with Crippen LogP contribution in [0.2, 0.25) is 0 Å². The Bertz CT molecular complexity index is 547. The average molecular weight is 332 g/mol. The number of nitrogens with zero attached hydrogens (tertiary/aromatic N) is 1. The molecule has 2 heterocycles. The number of carbonyl (C=O) groups is 2. The van der Waals surface area contributed by atoms with E-state index in [-0.39, 0.29) is 29.8 Å². The van der Waals surface area contributed by atoms with E-state index in [1.54, 1.807) is 13.2 Å². The molecule has 1 N–H and O–H groups in total. The van der Waals surface area contributed by atoms with Crippen LogP contribution in [0.3, 0.4) is 0 Å². The lowest BCUT2D eigenvalue weighted by molar-refractivity contribution is -0.139. The van der Waals surface area contributed by atoms with Gasteiger partial charge < -0.3 is 14.6 Å². The molecule has 0 aromatic carbocycles. The summed E-state index contributed by atoms with van der Waals surface area (Å²) >= 11 is 0. The second kappa shape index (κ2) is 7.86. The van der Waals surface area contributed by atoms with E-state index in [2.05, 4.69) is 10.2 Å². The zero-order valence-corrected chi connectivity index (χ0v) is 14.5. The van der Waals surface area contributed by atoms with Crippen molar-refractivity contribution in [1.82, 2.24) is 10.2 Å². The summed E-state index contributed by atoms with van der Waals surface area (Å²) in [5.41, 5.74) is 0. The van der Waals surface area contributed by atoms with Gasteiger partial charge in [0.1, 0.15) is 5.76 Å². The highest BCUT2D eigenvalue weighted by Gasteiger charge is 2.34. The molecule has 5 nitrogen and oxygen atoms in total. The van der Waals surface area contributed by atoms with Gasteiger partial charge in [0.15, 0.2) is 0 Å². The van der Waals surface area contributed by atoms with E-state index >= 15 is 0 Å². The van der Waals surface area contributed by atoms with Crippen LogP contribution < -0.4 is 5.32 Å². The standard InChI is InChI=1S/C19H28N2O3/c1-14(22)20-16-10-8-15(9-11-16)19(23)21-12-4-2-3-6-17(21)18-7-5-13-24-18/h5,7,13,15-17H,2-4,6,8-12H2,1H3,(H,20,22). The van der Waals surface area contributed by atoms with Crippen LogP contribution in [0, 0.1) is 5.92 Å². The first kappa shape index (κ1) is 17.1. The van der Waals surface area contributed by atoms with Gasteiger partial charge in [-0.1, -0.05) is 12.8 Å². The maximum atomic E-state index is 13.1. The van der Waals surface area contributed by atoms with Gasteiger partial charge in [-0.2, -0.15) is 0 Å². The van der Waals surface area contributed by atoms with Gasteiger partial charge in [-0.3, -0.25) is 9.59 Å². The van der Waals surface area contributed by atoms with Gasteiger partial charge in [-0.15, -0.1) is 0 Å². The van der Waals surface area contributed by atoms with E-state index in [1.807, 2.05) is 12.1 Å². The largest absolute Gasteiger partial charge is 0.467 e. The molecular weight excluding hydrogens is 304 g/mol. The molecule has 1 unspecified atom stereocenters. The fourth-order valence-electron chi connectivity index (χ4n) is 4.16. The van der Waals surface area contributed by atoms with E-state index in [9.17, 15) is 9.59 Å². The summed E-state index contributed by atoms with van der Waals surface area (Å²) in [5, 5.41) is 2.98. The van der Waals surface area contributed by atoms with Gasteiger partial charge in [0.05, 0.1) is 12.3 Å². The fourth-order valence-corrected chi connectivity index (χ4v) is 4.16. The fraction of sp³-hybridized carbons (Fsp3) is 0.684. The van der Waals surface area contributed by atoms with Crippen molar-refractivity contribution in [2.24, 2.45) is 5.92 Å². The molecule has 24 heavy (non-hydrogen) atoms. The highest BCUT2D eigenvalue weighted by Crippen LogP contribution is 2.34. The molecule has 0 spiro atoms. The lowest BCUT2D eigenvalue weighted by Crippen LogP contribution is -2.43. The predicted octanol–water partition coefficient (Wildman–Crippen LogP) is 3.42. The summed E-state index contributed by atoms with van der Waals surface area (Å²) in [5.74, 6) is 1.30. The molecule has 1 saturated carbocycles. The number of nitrogens with one attached hydrogen (secondary N) is 1. The second-order valence-corrected chi connectivity index (χ2v) is 7.16. The smallest absolute Gasteiger partial charge is 0.226 e.